The summed E-state index contributed by atoms with van der Waals surface area (Å²) in [5, 5.41) is 6.87. The van der Waals surface area contributed by atoms with E-state index in [-0.39, 0.29) is 6.54 Å². The average Bonchev–Trinajstić information content (AvgIpc) is 2.76. The van der Waals surface area contributed by atoms with Gasteiger partial charge in [-0.05, 0) is 43.9 Å². The van der Waals surface area contributed by atoms with E-state index in [4.69, 9.17) is 0 Å². The number of guanidine groups is 1. The van der Waals surface area contributed by atoms with Crippen molar-refractivity contribution in [2.24, 2.45) is 4.99 Å². The van der Waals surface area contributed by atoms with Crippen molar-refractivity contribution in [1.82, 2.24) is 20.4 Å². The zero-order valence-corrected chi connectivity index (χ0v) is 19.2. The van der Waals surface area contributed by atoms with Crippen LogP contribution in [0.4, 0.5) is 14.5 Å². The lowest BCUT2D eigenvalue weighted by atomic mass is 10.1. The van der Waals surface area contributed by atoms with Crippen LogP contribution in [-0.2, 0) is 0 Å². The summed E-state index contributed by atoms with van der Waals surface area (Å²) < 4.78 is 25.0. The molecule has 8 heteroatoms. The number of aryl methyl sites for hydroxylation is 1. The third-order valence-electron chi connectivity index (χ3n) is 6.56. The molecule has 3 rings (SSSR count). The number of nitrogens with zero attached hydrogens (tertiary/aromatic N) is 4. The molecule has 6 nitrogen and oxygen atoms in total. The van der Waals surface area contributed by atoms with Crippen LogP contribution in [0.2, 0.25) is 0 Å². The first-order valence-corrected chi connectivity index (χ1v) is 11.5. The topological polar surface area (TPSA) is 46.1 Å². The van der Waals surface area contributed by atoms with E-state index in [2.05, 4.69) is 57.5 Å². The standard InChI is InChI=1S/C23H38F2N6/c1-18-5-4-6-21(19(18)2)31-15-13-29(14-16-31)12-9-27-23(26-3)28-20-7-10-30(11-8-20)17-22(24)25/h4-6,20,22H,7-17H2,1-3H3,(H2,26,27,28). The Morgan fingerprint density at radius 2 is 1.77 bits per heavy atom. The van der Waals surface area contributed by atoms with Crippen molar-refractivity contribution in [3.63, 3.8) is 0 Å². The fraction of sp³-hybridized carbons (Fsp3) is 0.696. The van der Waals surface area contributed by atoms with E-state index in [9.17, 15) is 8.78 Å². The highest BCUT2D eigenvalue weighted by Gasteiger charge is 2.22. The van der Waals surface area contributed by atoms with Gasteiger partial charge in [-0.25, -0.2) is 8.78 Å². The first-order chi connectivity index (χ1) is 15.0. The van der Waals surface area contributed by atoms with Crippen molar-refractivity contribution in [3.05, 3.63) is 29.3 Å². The second kappa shape index (κ2) is 11.6. The average molecular weight is 437 g/mol. The number of rotatable bonds is 7. The van der Waals surface area contributed by atoms with Crippen LogP contribution in [0.5, 0.6) is 0 Å². The molecule has 174 valence electrons. The van der Waals surface area contributed by atoms with E-state index in [1.807, 2.05) is 4.90 Å². The van der Waals surface area contributed by atoms with Gasteiger partial charge >= 0.3 is 0 Å². The molecule has 0 spiro atoms. The Morgan fingerprint density at radius 1 is 1.06 bits per heavy atom. The highest BCUT2D eigenvalue weighted by Crippen LogP contribution is 2.23. The summed E-state index contributed by atoms with van der Waals surface area (Å²) in [7, 11) is 1.78. The van der Waals surface area contributed by atoms with Crippen LogP contribution in [0, 0.1) is 13.8 Å². The third kappa shape index (κ3) is 7.04. The van der Waals surface area contributed by atoms with Gasteiger partial charge in [-0.1, -0.05) is 12.1 Å². The predicted octanol–water partition coefficient (Wildman–Crippen LogP) is 2.32. The molecule has 2 aliphatic rings. The number of alkyl halides is 2. The maximum Gasteiger partial charge on any atom is 0.251 e. The predicted molar refractivity (Wildman–Crippen MR) is 125 cm³/mol. The zero-order chi connectivity index (χ0) is 22.2. The fourth-order valence-corrected chi connectivity index (χ4v) is 4.47. The first kappa shape index (κ1) is 23.7. The monoisotopic (exact) mass is 436 g/mol. The molecule has 31 heavy (non-hydrogen) atoms. The van der Waals surface area contributed by atoms with Gasteiger partial charge in [0.15, 0.2) is 5.96 Å². The van der Waals surface area contributed by atoms with E-state index < -0.39 is 6.43 Å². The van der Waals surface area contributed by atoms with Crippen molar-refractivity contribution >= 4 is 11.6 Å². The second-order valence-electron chi connectivity index (χ2n) is 8.66. The molecule has 0 aromatic heterocycles. The number of likely N-dealkylation sites (tertiary alicyclic amines) is 1. The Labute approximate surface area is 185 Å². The van der Waals surface area contributed by atoms with E-state index >= 15 is 0 Å². The summed E-state index contributed by atoms with van der Waals surface area (Å²) in [4.78, 5) is 11.2. The molecule has 1 aromatic rings. The number of halogens is 2. The van der Waals surface area contributed by atoms with Gasteiger partial charge in [-0.15, -0.1) is 0 Å². The number of anilines is 1. The maximum atomic E-state index is 12.5. The minimum atomic E-state index is -2.25. The minimum absolute atomic E-state index is 0.115. The van der Waals surface area contributed by atoms with E-state index in [1.165, 1.54) is 16.8 Å². The molecule has 2 saturated heterocycles. The SMILES string of the molecule is CN=C(NCCN1CCN(c2cccc(C)c2C)CC1)NC1CCN(CC(F)F)CC1. The van der Waals surface area contributed by atoms with Gasteiger partial charge in [0.25, 0.3) is 6.43 Å². The molecule has 0 radical (unpaired) electrons. The van der Waals surface area contributed by atoms with Crippen LogP contribution in [0.3, 0.4) is 0 Å². The number of nitrogens with one attached hydrogen (secondary N) is 2. The van der Waals surface area contributed by atoms with Gasteiger partial charge in [-0.2, -0.15) is 0 Å². The Bertz CT molecular complexity index is 710. The second-order valence-corrected chi connectivity index (χ2v) is 8.66. The molecule has 0 bridgehead atoms. The molecule has 2 aliphatic heterocycles. The van der Waals surface area contributed by atoms with Crippen molar-refractivity contribution in [3.8, 4) is 0 Å². The number of aliphatic imine (C=N–C) groups is 1. The number of hydrogen-bond acceptors (Lipinski definition) is 4. The number of hydrogen-bond donors (Lipinski definition) is 2. The molecule has 2 N–H and O–H groups in total. The van der Waals surface area contributed by atoms with Crippen molar-refractivity contribution < 1.29 is 8.78 Å². The molecule has 0 aliphatic carbocycles. The highest BCUT2D eigenvalue weighted by atomic mass is 19.3. The normalized spacial score (nSPS) is 19.8. The van der Waals surface area contributed by atoms with Crippen LogP contribution in [0.25, 0.3) is 0 Å². The molecule has 0 saturated carbocycles. The van der Waals surface area contributed by atoms with Crippen LogP contribution in [0.1, 0.15) is 24.0 Å². The molecule has 0 unspecified atom stereocenters. The van der Waals surface area contributed by atoms with Gasteiger partial charge in [-0.3, -0.25) is 14.8 Å². The van der Waals surface area contributed by atoms with Gasteiger partial charge in [0.2, 0.25) is 0 Å². The summed E-state index contributed by atoms with van der Waals surface area (Å²) in [5.74, 6) is 0.807. The molecular formula is C23H38F2N6. The van der Waals surface area contributed by atoms with Crippen LogP contribution < -0.4 is 15.5 Å². The van der Waals surface area contributed by atoms with Gasteiger partial charge in [0.1, 0.15) is 0 Å². The molecule has 0 amide bonds. The van der Waals surface area contributed by atoms with E-state index in [1.54, 1.807) is 7.05 Å². The largest absolute Gasteiger partial charge is 0.369 e. The Morgan fingerprint density at radius 3 is 2.42 bits per heavy atom. The molecule has 2 heterocycles. The van der Waals surface area contributed by atoms with Crippen molar-refractivity contribution in [2.45, 2.75) is 39.2 Å². The van der Waals surface area contributed by atoms with Crippen LogP contribution in [0.15, 0.2) is 23.2 Å². The van der Waals surface area contributed by atoms with Crippen LogP contribution >= 0.6 is 0 Å². The lowest BCUT2D eigenvalue weighted by Gasteiger charge is -2.37. The number of piperazine rings is 1. The molecular weight excluding hydrogens is 398 g/mol. The fourth-order valence-electron chi connectivity index (χ4n) is 4.47. The number of piperidine rings is 1. The molecule has 2 fully saturated rings. The summed E-state index contributed by atoms with van der Waals surface area (Å²) in [5.41, 5.74) is 4.09. The van der Waals surface area contributed by atoms with Crippen molar-refractivity contribution in [2.75, 3.05) is 70.9 Å². The van der Waals surface area contributed by atoms with Crippen LogP contribution in [-0.4, -0.2) is 94.2 Å². The van der Waals surface area contributed by atoms with Gasteiger partial charge < -0.3 is 15.5 Å². The number of benzene rings is 1. The summed E-state index contributed by atoms with van der Waals surface area (Å²) in [6.07, 6.45) is -0.511. The molecule has 0 atom stereocenters. The Balaban J connectivity index is 1.34. The third-order valence-corrected chi connectivity index (χ3v) is 6.56. The van der Waals surface area contributed by atoms with Gasteiger partial charge in [0, 0.05) is 71.1 Å². The summed E-state index contributed by atoms with van der Waals surface area (Å²) in [6.45, 7) is 11.7. The molecule has 1 aromatic carbocycles. The lowest BCUT2D eigenvalue weighted by molar-refractivity contribution is 0.0744. The summed E-state index contributed by atoms with van der Waals surface area (Å²) >= 11 is 0. The lowest BCUT2D eigenvalue weighted by Crippen LogP contribution is -2.51. The van der Waals surface area contributed by atoms with E-state index in [0.717, 1.165) is 58.1 Å². The summed E-state index contributed by atoms with van der Waals surface area (Å²) in [6, 6.07) is 6.85. The van der Waals surface area contributed by atoms with Gasteiger partial charge in [0.05, 0.1) is 6.54 Å². The van der Waals surface area contributed by atoms with Crippen molar-refractivity contribution in [1.29, 1.82) is 0 Å². The maximum absolute atomic E-state index is 12.5. The highest BCUT2D eigenvalue weighted by molar-refractivity contribution is 5.79. The smallest absolute Gasteiger partial charge is 0.251 e. The zero-order valence-electron chi connectivity index (χ0n) is 19.2. The Hall–Kier alpha value is -1.93. The first-order valence-electron chi connectivity index (χ1n) is 11.5. The minimum Gasteiger partial charge on any atom is -0.369 e. The quantitative estimate of drug-likeness (QED) is 0.508. The Kier molecular flexibility index (Phi) is 8.90. The van der Waals surface area contributed by atoms with E-state index in [0.29, 0.717) is 19.1 Å².